The van der Waals surface area contributed by atoms with Gasteiger partial charge in [-0.3, -0.25) is 9.88 Å². The second-order valence-electron chi connectivity index (χ2n) is 10.8. The number of rotatable bonds is 13. The van der Waals surface area contributed by atoms with Crippen molar-refractivity contribution < 1.29 is 14.3 Å². The molecule has 5 rings (SSSR count). The number of ether oxygens (including phenoxy) is 2. The molecule has 12 heteroatoms. The first-order chi connectivity index (χ1) is 21.3. The fourth-order valence-corrected chi connectivity index (χ4v) is 6.43. The van der Waals surface area contributed by atoms with Gasteiger partial charge in [0.1, 0.15) is 5.75 Å². The number of aromatic nitrogens is 3. The van der Waals surface area contributed by atoms with Gasteiger partial charge in [0.05, 0.1) is 50.9 Å². The van der Waals surface area contributed by atoms with Gasteiger partial charge in [0.2, 0.25) is 0 Å². The molecular formula is C33H39ClN6O3S2. The lowest BCUT2D eigenvalue weighted by molar-refractivity contribution is 0.124. The van der Waals surface area contributed by atoms with Crippen molar-refractivity contribution in [3.05, 3.63) is 71.6 Å². The highest BCUT2D eigenvalue weighted by Crippen LogP contribution is 2.33. The lowest BCUT2D eigenvalue weighted by Gasteiger charge is -2.19. The summed E-state index contributed by atoms with van der Waals surface area (Å²) < 4.78 is 12.5. The standard InChI is InChI=1S/C33H38N6O3S2.ClH/c1-21(2)42-33(40)39(4)27-14-26(18-35-19-27)23-10-11-28-30(16-23)44-32(38-28)36-12-6-5-7-13-41-29-15-24(8-9-25(29)17-34)31-22(3)37-20-43-31;/h8-11,14-16,18-21H,5-7,12-13,17,34H2,1-4H3,(H,36,38);1H. The second-order valence-corrected chi connectivity index (χ2v) is 12.6. The van der Waals surface area contributed by atoms with Gasteiger partial charge in [0.25, 0.3) is 0 Å². The van der Waals surface area contributed by atoms with Crippen molar-refractivity contribution in [2.24, 2.45) is 5.73 Å². The highest BCUT2D eigenvalue weighted by Gasteiger charge is 2.15. The number of unbranched alkanes of at least 4 members (excludes halogenated alkanes) is 2. The minimum absolute atomic E-state index is 0. The van der Waals surface area contributed by atoms with Gasteiger partial charge in [0, 0.05) is 37.5 Å². The molecular weight excluding hydrogens is 628 g/mol. The molecule has 5 aromatic rings. The van der Waals surface area contributed by atoms with Crippen LogP contribution in [0.4, 0.5) is 15.6 Å². The molecule has 45 heavy (non-hydrogen) atoms. The van der Waals surface area contributed by atoms with E-state index in [9.17, 15) is 4.79 Å². The first-order valence-corrected chi connectivity index (χ1v) is 16.4. The minimum Gasteiger partial charge on any atom is -0.493 e. The summed E-state index contributed by atoms with van der Waals surface area (Å²) in [5.41, 5.74) is 14.5. The third kappa shape index (κ3) is 8.70. The Bertz CT molecular complexity index is 1720. The number of nitrogens with one attached hydrogen (secondary N) is 1. The van der Waals surface area contributed by atoms with E-state index in [1.165, 1.54) is 4.90 Å². The van der Waals surface area contributed by atoms with Gasteiger partial charge in [0.15, 0.2) is 5.13 Å². The lowest BCUT2D eigenvalue weighted by atomic mass is 10.1. The van der Waals surface area contributed by atoms with Crippen LogP contribution in [-0.2, 0) is 11.3 Å². The highest BCUT2D eigenvalue weighted by molar-refractivity contribution is 7.22. The highest BCUT2D eigenvalue weighted by atomic mass is 35.5. The summed E-state index contributed by atoms with van der Waals surface area (Å²) in [7, 11) is 1.69. The molecule has 0 radical (unpaired) electrons. The Morgan fingerprint density at radius 3 is 2.62 bits per heavy atom. The van der Waals surface area contributed by atoms with Crippen molar-refractivity contribution in [1.29, 1.82) is 0 Å². The molecule has 1 amide bonds. The van der Waals surface area contributed by atoms with Crippen molar-refractivity contribution in [2.75, 3.05) is 30.4 Å². The summed E-state index contributed by atoms with van der Waals surface area (Å²) in [4.78, 5) is 28.4. The summed E-state index contributed by atoms with van der Waals surface area (Å²) in [6.45, 7) is 7.61. The van der Waals surface area contributed by atoms with Crippen molar-refractivity contribution in [3.63, 3.8) is 0 Å². The van der Waals surface area contributed by atoms with E-state index in [4.69, 9.17) is 20.2 Å². The molecule has 0 aliphatic carbocycles. The molecule has 0 saturated carbocycles. The number of fused-ring (bicyclic) bond motifs is 1. The number of pyridine rings is 1. The van der Waals surface area contributed by atoms with Gasteiger partial charge in [-0.15, -0.1) is 23.7 Å². The predicted octanol–water partition coefficient (Wildman–Crippen LogP) is 8.31. The van der Waals surface area contributed by atoms with Crippen LogP contribution in [0.5, 0.6) is 5.75 Å². The second kappa shape index (κ2) is 16.0. The molecule has 0 aliphatic heterocycles. The summed E-state index contributed by atoms with van der Waals surface area (Å²) in [5.74, 6) is 0.855. The van der Waals surface area contributed by atoms with E-state index in [-0.39, 0.29) is 18.5 Å². The van der Waals surface area contributed by atoms with Crippen LogP contribution in [-0.4, -0.2) is 47.3 Å². The summed E-state index contributed by atoms with van der Waals surface area (Å²) in [6, 6.07) is 14.3. The number of halogens is 1. The average molecular weight is 667 g/mol. The van der Waals surface area contributed by atoms with E-state index in [1.54, 1.807) is 42.1 Å². The van der Waals surface area contributed by atoms with Gasteiger partial charge in [-0.2, -0.15) is 0 Å². The largest absolute Gasteiger partial charge is 0.493 e. The third-order valence-electron chi connectivity index (χ3n) is 7.09. The lowest BCUT2D eigenvalue weighted by Crippen LogP contribution is -2.29. The van der Waals surface area contributed by atoms with E-state index < -0.39 is 6.09 Å². The van der Waals surface area contributed by atoms with Crippen molar-refractivity contribution in [3.8, 4) is 27.3 Å². The number of hydrogen-bond donors (Lipinski definition) is 2. The number of aryl methyl sites for hydroxylation is 1. The fraction of sp³-hybridized carbons (Fsp3) is 0.333. The maximum Gasteiger partial charge on any atom is 0.414 e. The maximum absolute atomic E-state index is 12.3. The number of hydrogen-bond acceptors (Lipinski definition) is 10. The van der Waals surface area contributed by atoms with Crippen LogP contribution in [0, 0.1) is 6.92 Å². The molecule has 9 nitrogen and oxygen atoms in total. The van der Waals surface area contributed by atoms with Crippen LogP contribution in [0.25, 0.3) is 31.8 Å². The Morgan fingerprint density at radius 1 is 1.04 bits per heavy atom. The van der Waals surface area contributed by atoms with Gasteiger partial charge in [-0.25, -0.2) is 14.8 Å². The third-order valence-corrected chi connectivity index (χ3v) is 9.05. The smallest absolute Gasteiger partial charge is 0.414 e. The van der Waals surface area contributed by atoms with Crippen molar-refractivity contribution >= 4 is 62.2 Å². The van der Waals surface area contributed by atoms with Crippen LogP contribution >= 0.6 is 35.1 Å². The van der Waals surface area contributed by atoms with E-state index in [0.29, 0.717) is 18.8 Å². The average Bonchev–Trinajstić information content (AvgIpc) is 3.64. The number of nitrogens with zero attached hydrogens (tertiary/aromatic N) is 4. The molecule has 238 valence electrons. The van der Waals surface area contributed by atoms with E-state index >= 15 is 0 Å². The molecule has 0 unspecified atom stereocenters. The monoisotopic (exact) mass is 666 g/mol. The number of amides is 1. The molecule has 3 aromatic heterocycles. The number of anilines is 2. The quantitative estimate of drug-likeness (QED) is 0.121. The van der Waals surface area contributed by atoms with E-state index in [1.807, 2.05) is 50.5 Å². The Labute approximate surface area is 278 Å². The van der Waals surface area contributed by atoms with E-state index in [2.05, 4.69) is 33.5 Å². The molecule has 3 heterocycles. The maximum atomic E-state index is 12.3. The zero-order chi connectivity index (χ0) is 31.1. The minimum atomic E-state index is -0.409. The summed E-state index contributed by atoms with van der Waals surface area (Å²) in [6.07, 6.45) is 5.86. The summed E-state index contributed by atoms with van der Waals surface area (Å²) >= 11 is 3.27. The molecule has 3 N–H and O–H groups in total. The van der Waals surface area contributed by atoms with Crippen molar-refractivity contribution in [2.45, 2.75) is 52.7 Å². The van der Waals surface area contributed by atoms with Crippen LogP contribution in [0.15, 0.2) is 60.4 Å². The Kier molecular flexibility index (Phi) is 12.1. The number of carbonyl (C=O) groups is 1. The van der Waals surface area contributed by atoms with Crippen molar-refractivity contribution in [1.82, 2.24) is 15.0 Å². The number of thiazole rings is 2. The Morgan fingerprint density at radius 2 is 1.87 bits per heavy atom. The molecule has 0 bridgehead atoms. The topological polar surface area (TPSA) is 115 Å². The van der Waals surface area contributed by atoms with E-state index in [0.717, 1.165) is 79.7 Å². The zero-order valence-electron chi connectivity index (χ0n) is 25.9. The fourth-order valence-electron chi connectivity index (χ4n) is 4.69. The molecule has 0 spiro atoms. The molecule has 0 atom stereocenters. The first-order valence-electron chi connectivity index (χ1n) is 14.7. The first kappa shape index (κ1) is 34.1. The van der Waals surface area contributed by atoms with Gasteiger partial charge < -0.3 is 20.5 Å². The molecule has 0 fully saturated rings. The zero-order valence-corrected chi connectivity index (χ0v) is 28.4. The summed E-state index contributed by atoms with van der Waals surface area (Å²) in [5, 5.41) is 4.38. The SMILES string of the molecule is Cc1ncsc1-c1ccc(CN)c(OCCCCCNc2nc3ccc(-c4cncc(N(C)C(=O)OC(C)C)c4)cc3s2)c1.Cl. The molecule has 0 saturated heterocycles. The normalized spacial score (nSPS) is 11.0. The number of carbonyl (C=O) groups excluding carboxylic acids is 1. The molecule has 2 aromatic carbocycles. The Balaban J connectivity index is 0.00000461. The van der Waals surface area contributed by atoms with Gasteiger partial charge in [-0.1, -0.05) is 29.5 Å². The van der Waals surface area contributed by atoms with Gasteiger partial charge >= 0.3 is 6.09 Å². The van der Waals surface area contributed by atoms with Crippen LogP contribution in [0.2, 0.25) is 0 Å². The molecule has 0 aliphatic rings. The number of benzene rings is 2. The van der Waals surface area contributed by atoms with Gasteiger partial charge in [-0.05, 0) is 75.4 Å². The number of nitrogens with two attached hydrogens (primary N) is 1. The van der Waals surface area contributed by atoms with Crippen LogP contribution < -0.4 is 20.7 Å². The predicted molar refractivity (Wildman–Crippen MR) is 188 cm³/mol. The van der Waals surface area contributed by atoms with Crippen LogP contribution in [0.1, 0.15) is 44.4 Å². The Hall–Kier alpha value is -3.77. The van der Waals surface area contributed by atoms with Crippen LogP contribution in [0.3, 0.4) is 0 Å².